The summed E-state index contributed by atoms with van der Waals surface area (Å²) in [6.45, 7) is -0.291. The van der Waals surface area contributed by atoms with Gasteiger partial charge in [0, 0.05) is 11.9 Å². The summed E-state index contributed by atoms with van der Waals surface area (Å²) in [5.41, 5.74) is -0.550. The number of rotatable bonds is 5. The highest BCUT2D eigenvalue weighted by atomic mass is 19.4. The molecule has 0 radical (unpaired) electrons. The topological polar surface area (TPSA) is 133 Å². The van der Waals surface area contributed by atoms with Crippen molar-refractivity contribution < 1.29 is 22.7 Å². The number of hydrogen-bond donors (Lipinski definition) is 2. The number of halogens is 3. The van der Waals surface area contributed by atoms with E-state index in [0.29, 0.717) is 0 Å². The minimum Gasteiger partial charge on any atom is -0.467 e. The van der Waals surface area contributed by atoms with E-state index in [4.69, 9.17) is 10.00 Å². The standard InChI is InChI=1S/C17H13F3N8O2/c1-30-15-23-7-13(8-24-15)28(9-12-5-14(27-26-12)17(18,19)20)16(29)25-10-2-3-22-11(4-10)6-21/h2-5,7-8H,9H2,1H3,(H,26,27)(H,22,25,29). The van der Waals surface area contributed by atoms with E-state index in [9.17, 15) is 18.0 Å². The molecule has 0 atom stereocenters. The Morgan fingerprint density at radius 1 is 1.30 bits per heavy atom. The lowest BCUT2D eigenvalue weighted by molar-refractivity contribution is -0.141. The number of anilines is 2. The molecule has 0 aliphatic heterocycles. The second kappa shape index (κ2) is 8.43. The van der Waals surface area contributed by atoms with Gasteiger partial charge in [0.1, 0.15) is 11.8 Å². The molecule has 3 heterocycles. The van der Waals surface area contributed by atoms with E-state index >= 15 is 0 Å². The lowest BCUT2D eigenvalue weighted by Crippen LogP contribution is -2.35. The van der Waals surface area contributed by atoms with Crippen LogP contribution in [0, 0.1) is 11.3 Å². The maximum Gasteiger partial charge on any atom is 0.435 e. The van der Waals surface area contributed by atoms with Gasteiger partial charge in [-0.15, -0.1) is 0 Å². The van der Waals surface area contributed by atoms with Crippen LogP contribution >= 0.6 is 0 Å². The highest BCUT2D eigenvalue weighted by Gasteiger charge is 2.34. The first-order valence-electron chi connectivity index (χ1n) is 8.22. The fraction of sp³-hybridized carbons (Fsp3) is 0.176. The molecule has 0 saturated carbocycles. The average Bonchev–Trinajstić information content (AvgIpc) is 3.21. The van der Waals surface area contributed by atoms with Crippen LogP contribution in [0.25, 0.3) is 0 Å². The van der Waals surface area contributed by atoms with Crippen LogP contribution < -0.4 is 15.0 Å². The van der Waals surface area contributed by atoms with Crippen molar-refractivity contribution in [3.05, 3.63) is 53.9 Å². The number of hydrogen-bond acceptors (Lipinski definition) is 7. The second-order valence-corrected chi connectivity index (χ2v) is 5.76. The molecule has 2 N–H and O–H groups in total. The van der Waals surface area contributed by atoms with Gasteiger partial charge in [0.2, 0.25) is 0 Å². The Labute approximate surface area is 167 Å². The molecule has 10 nitrogen and oxygen atoms in total. The Morgan fingerprint density at radius 3 is 2.63 bits per heavy atom. The molecule has 3 aromatic rings. The lowest BCUT2D eigenvalue weighted by atomic mass is 10.3. The van der Waals surface area contributed by atoms with Crippen molar-refractivity contribution in [2.45, 2.75) is 12.7 Å². The van der Waals surface area contributed by atoms with Gasteiger partial charge in [0.05, 0.1) is 37.4 Å². The zero-order chi connectivity index (χ0) is 21.7. The molecule has 3 rings (SSSR count). The molecule has 0 saturated heterocycles. The van der Waals surface area contributed by atoms with Gasteiger partial charge in [-0.05, 0) is 18.2 Å². The van der Waals surface area contributed by atoms with Gasteiger partial charge in [-0.3, -0.25) is 10.00 Å². The number of alkyl halides is 3. The van der Waals surface area contributed by atoms with Crippen molar-refractivity contribution in [2.75, 3.05) is 17.3 Å². The van der Waals surface area contributed by atoms with Gasteiger partial charge in [-0.1, -0.05) is 0 Å². The number of amides is 2. The number of carbonyl (C=O) groups is 1. The van der Waals surface area contributed by atoms with Crippen molar-refractivity contribution in [3.8, 4) is 12.1 Å². The predicted molar refractivity (Wildman–Crippen MR) is 96.3 cm³/mol. The average molecular weight is 418 g/mol. The quantitative estimate of drug-likeness (QED) is 0.651. The van der Waals surface area contributed by atoms with Gasteiger partial charge in [0.25, 0.3) is 0 Å². The van der Waals surface area contributed by atoms with E-state index in [1.165, 1.54) is 37.8 Å². The molecular formula is C17H13F3N8O2. The SMILES string of the molecule is COc1ncc(N(Cc2cc(C(F)(F)F)n[nH]2)C(=O)Nc2ccnc(C#N)c2)cn1. The Balaban J connectivity index is 1.89. The number of nitriles is 1. The molecule has 0 aliphatic rings. The fourth-order valence-electron chi connectivity index (χ4n) is 2.35. The smallest absolute Gasteiger partial charge is 0.435 e. The molecule has 0 aliphatic carbocycles. The first kappa shape index (κ1) is 20.5. The number of nitrogens with zero attached hydrogens (tertiary/aromatic N) is 6. The van der Waals surface area contributed by atoms with Gasteiger partial charge in [-0.25, -0.2) is 19.7 Å². The van der Waals surface area contributed by atoms with E-state index in [-0.39, 0.29) is 35.3 Å². The minimum absolute atomic E-state index is 0.0285. The molecule has 154 valence electrons. The number of methoxy groups -OCH3 is 1. The van der Waals surface area contributed by atoms with Crippen LogP contribution in [0.3, 0.4) is 0 Å². The summed E-state index contributed by atoms with van der Waals surface area (Å²) in [6.07, 6.45) is -0.741. The first-order valence-corrected chi connectivity index (χ1v) is 8.22. The molecule has 3 aromatic heterocycles. The summed E-state index contributed by atoms with van der Waals surface area (Å²) in [5, 5.41) is 17.0. The van der Waals surface area contributed by atoms with Crippen LogP contribution in [0.15, 0.2) is 36.8 Å². The predicted octanol–water partition coefficient (Wildman–Crippen LogP) is 2.73. The zero-order valence-electron chi connectivity index (χ0n) is 15.3. The highest BCUT2D eigenvalue weighted by Crippen LogP contribution is 2.28. The van der Waals surface area contributed by atoms with E-state index in [0.717, 1.165) is 11.0 Å². The summed E-state index contributed by atoms with van der Waals surface area (Å²) >= 11 is 0. The summed E-state index contributed by atoms with van der Waals surface area (Å²) < 4.78 is 43.3. The number of nitrogens with one attached hydrogen (secondary N) is 2. The Hall–Kier alpha value is -4.21. The normalized spacial score (nSPS) is 10.9. The summed E-state index contributed by atoms with van der Waals surface area (Å²) in [6, 6.07) is 4.78. The van der Waals surface area contributed by atoms with Crippen molar-refractivity contribution in [2.24, 2.45) is 0 Å². The maximum atomic E-state index is 12.8. The molecule has 0 aromatic carbocycles. The Bertz CT molecular complexity index is 1080. The third kappa shape index (κ3) is 4.79. The largest absolute Gasteiger partial charge is 0.467 e. The number of pyridine rings is 1. The van der Waals surface area contributed by atoms with Gasteiger partial charge < -0.3 is 10.1 Å². The van der Waals surface area contributed by atoms with E-state index in [1.807, 2.05) is 6.07 Å². The number of carbonyl (C=O) groups excluding carboxylic acids is 1. The van der Waals surface area contributed by atoms with Crippen molar-refractivity contribution in [1.29, 1.82) is 5.26 Å². The monoisotopic (exact) mass is 418 g/mol. The lowest BCUT2D eigenvalue weighted by Gasteiger charge is -2.22. The van der Waals surface area contributed by atoms with Crippen molar-refractivity contribution in [3.63, 3.8) is 0 Å². The number of ether oxygens (including phenoxy) is 1. The minimum atomic E-state index is -4.63. The van der Waals surface area contributed by atoms with E-state index < -0.39 is 17.9 Å². The zero-order valence-corrected chi connectivity index (χ0v) is 15.3. The second-order valence-electron chi connectivity index (χ2n) is 5.76. The van der Waals surface area contributed by atoms with Gasteiger partial charge >= 0.3 is 18.2 Å². The van der Waals surface area contributed by atoms with Crippen LogP contribution in [-0.4, -0.2) is 38.3 Å². The van der Waals surface area contributed by atoms with Crippen LogP contribution in [-0.2, 0) is 12.7 Å². The molecule has 0 spiro atoms. The number of aromatic amines is 1. The molecule has 2 amide bonds. The van der Waals surface area contributed by atoms with E-state index in [1.54, 1.807) is 0 Å². The molecule has 30 heavy (non-hydrogen) atoms. The number of H-pyrrole nitrogens is 1. The Morgan fingerprint density at radius 2 is 2.03 bits per heavy atom. The van der Waals surface area contributed by atoms with Crippen LogP contribution in [0.1, 0.15) is 17.1 Å². The first-order chi connectivity index (χ1) is 14.3. The Kier molecular flexibility index (Phi) is 5.77. The summed E-state index contributed by atoms with van der Waals surface area (Å²) in [7, 11) is 1.36. The summed E-state index contributed by atoms with van der Waals surface area (Å²) in [5.74, 6) is 0. The summed E-state index contributed by atoms with van der Waals surface area (Å²) in [4.78, 5) is 25.6. The molecular weight excluding hydrogens is 405 g/mol. The number of aromatic nitrogens is 5. The molecule has 0 fully saturated rings. The molecule has 0 bridgehead atoms. The highest BCUT2D eigenvalue weighted by molar-refractivity contribution is 6.01. The maximum absolute atomic E-state index is 12.8. The third-order valence-corrected chi connectivity index (χ3v) is 3.73. The third-order valence-electron chi connectivity index (χ3n) is 3.73. The van der Waals surface area contributed by atoms with Crippen LogP contribution in [0.5, 0.6) is 6.01 Å². The van der Waals surface area contributed by atoms with E-state index in [2.05, 4.69) is 30.5 Å². The molecule has 0 unspecified atom stereocenters. The van der Waals surface area contributed by atoms with Gasteiger partial charge in [0.15, 0.2) is 5.69 Å². The fourth-order valence-corrected chi connectivity index (χ4v) is 2.35. The van der Waals surface area contributed by atoms with Crippen LogP contribution in [0.2, 0.25) is 0 Å². The van der Waals surface area contributed by atoms with Gasteiger partial charge in [-0.2, -0.15) is 23.5 Å². The molecule has 13 heteroatoms. The van der Waals surface area contributed by atoms with Crippen molar-refractivity contribution >= 4 is 17.4 Å². The number of urea groups is 1. The van der Waals surface area contributed by atoms with Crippen molar-refractivity contribution in [1.82, 2.24) is 25.1 Å². The van der Waals surface area contributed by atoms with Crippen LogP contribution in [0.4, 0.5) is 29.3 Å².